The van der Waals surface area contributed by atoms with Gasteiger partial charge in [0, 0.05) is 0 Å². The number of rotatable bonds is 7. The van der Waals surface area contributed by atoms with Crippen LogP contribution in [0, 0.1) is 0 Å². The molecule has 0 unspecified atom stereocenters. The summed E-state index contributed by atoms with van der Waals surface area (Å²) in [5, 5.41) is 4.93. The topological polar surface area (TPSA) is 46.6 Å². The normalized spacial score (nSPS) is 13.1. The summed E-state index contributed by atoms with van der Waals surface area (Å²) in [7, 11) is -2.71. The predicted octanol–water partition coefficient (Wildman–Crippen LogP) is 6.63. The van der Waals surface area contributed by atoms with Gasteiger partial charge in [-0.1, -0.05) is 18.2 Å². The quantitative estimate of drug-likeness (QED) is 0.158. The number of hydrogen-bond acceptors (Lipinski definition) is 3. The number of carbonyl (C=O) groups is 2. The van der Waals surface area contributed by atoms with Crippen LogP contribution in [0.5, 0.6) is 11.5 Å². The second-order valence-electron chi connectivity index (χ2n) is 10.5. The Labute approximate surface area is 251 Å². The first-order valence-electron chi connectivity index (χ1n) is 14.2. The van der Waals surface area contributed by atoms with Crippen LogP contribution >= 0.6 is 7.26 Å². The Morgan fingerprint density at radius 3 is 1.37 bits per heavy atom. The summed E-state index contributed by atoms with van der Waals surface area (Å²) in [4.78, 5) is 28.4. The molecule has 1 heterocycles. The minimum atomic E-state index is -2.71. The molecule has 1 aliphatic heterocycles. The SMILES string of the molecule is O=C1c2ccc(Oc3ccccc3)cc2C(=O)N1c1ccc([PH](c2ccccc2)(c2ccccc2)c2ccccc2)cc1. The molecule has 0 N–H and O–H groups in total. The molecule has 208 valence electrons. The average molecular weight is 578 g/mol. The van der Waals surface area contributed by atoms with Crippen molar-refractivity contribution in [3.63, 3.8) is 0 Å². The van der Waals surface area contributed by atoms with E-state index in [2.05, 4.69) is 84.9 Å². The Morgan fingerprint density at radius 2 is 0.860 bits per heavy atom. The van der Waals surface area contributed by atoms with Crippen LogP contribution in [-0.4, -0.2) is 11.8 Å². The Balaban J connectivity index is 1.29. The van der Waals surface area contributed by atoms with Gasteiger partial charge in [-0.2, -0.15) is 0 Å². The van der Waals surface area contributed by atoms with Gasteiger partial charge < -0.3 is 0 Å². The second kappa shape index (κ2) is 11.2. The average Bonchev–Trinajstić information content (AvgIpc) is 3.32. The fourth-order valence-electron chi connectivity index (χ4n) is 6.07. The summed E-state index contributed by atoms with van der Waals surface area (Å²) in [6, 6.07) is 54.3. The van der Waals surface area contributed by atoms with E-state index in [1.807, 2.05) is 60.7 Å². The zero-order chi connectivity index (χ0) is 29.2. The Kier molecular flexibility index (Phi) is 6.90. The van der Waals surface area contributed by atoms with E-state index in [0.29, 0.717) is 28.3 Å². The van der Waals surface area contributed by atoms with Crippen molar-refractivity contribution < 1.29 is 14.3 Å². The molecule has 0 aliphatic carbocycles. The van der Waals surface area contributed by atoms with Crippen molar-refractivity contribution in [2.75, 3.05) is 4.90 Å². The summed E-state index contributed by atoms with van der Waals surface area (Å²) in [6.07, 6.45) is 0. The van der Waals surface area contributed by atoms with E-state index in [0.717, 1.165) is 5.30 Å². The van der Waals surface area contributed by atoms with Crippen molar-refractivity contribution in [2.24, 2.45) is 0 Å². The Bertz CT molecular complexity index is 1810. The maximum absolute atomic E-state index is 13.6. The van der Waals surface area contributed by atoms with Gasteiger partial charge in [0.05, 0.1) is 0 Å². The zero-order valence-corrected chi connectivity index (χ0v) is 24.3. The maximum atomic E-state index is 13.6. The summed E-state index contributed by atoms with van der Waals surface area (Å²) in [6.45, 7) is 0. The van der Waals surface area contributed by atoms with Crippen molar-refractivity contribution in [3.05, 3.63) is 175 Å². The first-order valence-corrected chi connectivity index (χ1v) is 16.2. The molecule has 6 aromatic rings. The Morgan fingerprint density at radius 1 is 0.419 bits per heavy atom. The van der Waals surface area contributed by atoms with Crippen molar-refractivity contribution in [1.82, 2.24) is 0 Å². The van der Waals surface area contributed by atoms with Gasteiger partial charge in [0.15, 0.2) is 0 Å². The molecule has 2 amide bonds. The van der Waals surface area contributed by atoms with Crippen LogP contribution in [0.4, 0.5) is 5.69 Å². The second-order valence-corrected chi connectivity index (χ2v) is 14.3. The molecule has 4 nitrogen and oxygen atoms in total. The molecule has 0 spiro atoms. The van der Waals surface area contributed by atoms with E-state index in [1.165, 1.54) is 20.8 Å². The van der Waals surface area contributed by atoms with Gasteiger partial charge in [-0.15, -0.1) is 0 Å². The van der Waals surface area contributed by atoms with Crippen molar-refractivity contribution >= 4 is 46.0 Å². The molecule has 0 bridgehead atoms. The molecule has 0 aromatic heterocycles. The van der Waals surface area contributed by atoms with Crippen LogP contribution in [0.3, 0.4) is 0 Å². The summed E-state index contributed by atoms with van der Waals surface area (Å²) in [5.74, 6) is 0.475. The van der Waals surface area contributed by atoms with Gasteiger partial charge in [0.2, 0.25) is 0 Å². The molecule has 0 fully saturated rings. The van der Waals surface area contributed by atoms with Gasteiger partial charge in [-0.25, -0.2) is 0 Å². The van der Waals surface area contributed by atoms with Gasteiger partial charge in [0.25, 0.3) is 0 Å². The first kappa shape index (κ1) is 26.6. The molecule has 0 radical (unpaired) electrons. The standard InChI is InChI=1S/C38H28NO3P/c40-37-35-26-23-30(42-29-13-5-1-6-14-29)27-36(35)38(41)39(37)28-21-24-34(25-22-28)43(31-15-7-2-8-16-31,32-17-9-3-10-18-32)33-19-11-4-12-20-33/h1-27,43H. The third kappa shape index (κ3) is 4.63. The molecule has 6 aromatic carbocycles. The summed E-state index contributed by atoms with van der Waals surface area (Å²) in [5.41, 5.74) is 1.25. The molecule has 5 heteroatoms. The van der Waals surface area contributed by atoms with Crippen LogP contribution in [0.25, 0.3) is 0 Å². The van der Waals surface area contributed by atoms with E-state index >= 15 is 0 Å². The van der Waals surface area contributed by atoms with Gasteiger partial charge >= 0.3 is 233 Å². The summed E-state index contributed by atoms with van der Waals surface area (Å²) < 4.78 is 5.93. The van der Waals surface area contributed by atoms with E-state index in [1.54, 1.807) is 18.2 Å². The molecule has 0 atom stereocenters. The van der Waals surface area contributed by atoms with Crippen molar-refractivity contribution in [3.8, 4) is 11.5 Å². The molecule has 0 saturated carbocycles. The van der Waals surface area contributed by atoms with Gasteiger partial charge in [0.1, 0.15) is 0 Å². The number of benzene rings is 6. The number of para-hydroxylation sites is 1. The van der Waals surface area contributed by atoms with E-state index < -0.39 is 7.26 Å². The number of anilines is 1. The first-order chi connectivity index (χ1) is 21.2. The number of nitrogens with zero attached hydrogens (tertiary/aromatic N) is 1. The van der Waals surface area contributed by atoms with E-state index in [-0.39, 0.29) is 11.8 Å². The monoisotopic (exact) mass is 577 g/mol. The Hall–Kier alpha value is -5.31. The number of hydrogen-bond donors (Lipinski definition) is 0. The molecular weight excluding hydrogens is 549 g/mol. The number of fused-ring (bicyclic) bond motifs is 1. The fraction of sp³-hybridized carbons (Fsp3) is 0. The van der Waals surface area contributed by atoms with Crippen LogP contribution < -0.4 is 30.9 Å². The predicted molar refractivity (Wildman–Crippen MR) is 177 cm³/mol. The van der Waals surface area contributed by atoms with Crippen LogP contribution in [0.2, 0.25) is 0 Å². The fourth-order valence-corrected chi connectivity index (χ4v) is 10.8. The molecule has 0 saturated heterocycles. The molecule has 1 aliphatic rings. The molecular formula is C38H28NO3P. The van der Waals surface area contributed by atoms with Crippen LogP contribution in [0.15, 0.2) is 164 Å². The van der Waals surface area contributed by atoms with Crippen LogP contribution in [-0.2, 0) is 0 Å². The number of imide groups is 1. The van der Waals surface area contributed by atoms with Crippen LogP contribution in [0.1, 0.15) is 20.7 Å². The summed E-state index contributed by atoms with van der Waals surface area (Å²) >= 11 is 0. The van der Waals surface area contributed by atoms with E-state index in [4.69, 9.17) is 4.74 Å². The van der Waals surface area contributed by atoms with Gasteiger partial charge in [-0.05, 0) is 0 Å². The molecule has 43 heavy (non-hydrogen) atoms. The third-order valence-corrected chi connectivity index (χ3v) is 12.8. The number of ether oxygens (including phenoxy) is 1. The molecule has 7 rings (SSSR count). The third-order valence-electron chi connectivity index (χ3n) is 8.02. The van der Waals surface area contributed by atoms with Crippen molar-refractivity contribution in [2.45, 2.75) is 0 Å². The number of carbonyl (C=O) groups excluding carboxylic acids is 2. The van der Waals surface area contributed by atoms with Crippen molar-refractivity contribution in [1.29, 1.82) is 0 Å². The van der Waals surface area contributed by atoms with Gasteiger partial charge in [-0.3, -0.25) is 0 Å². The minimum absolute atomic E-state index is 0.336. The number of amides is 2. The zero-order valence-electron chi connectivity index (χ0n) is 23.3. The van der Waals surface area contributed by atoms with E-state index in [9.17, 15) is 9.59 Å².